The second kappa shape index (κ2) is 6.96. The summed E-state index contributed by atoms with van der Waals surface area (Å²) in [4.78, 5) is 0. The minimum atomic E-state index is 0.723. The predicted octanol–water partition coefficient (Wildman–Crippen LogP) is 4.95. The molecule has 1 aromatic carbocycles. The van der Waals surface area contributed by atoms with Gasteiger partial charge in [-0.05, 0) is 36.5 Å². The molecule has 1 fully saturated rings. The van der Waals surface area contributed by atoms with E-state index in [0.29, 0.717) is 0 Å². The van der Waals surface area contributed by atoms with Gasteiger partial charge in [0.25, 0.3) is 0 Å². The van der Waals surface area contributed by atoms with Crippen LogP contribution in [0, 0.1) is 23.2 Å². The number of halogens is 1. The Morgan fingerprint density at radius 1 is 1.32 bits per heavy atom. The monoisotopic (exact) mass is 320 g/mol. The van der Waals surface area contributed by atoms with Gasteiger partial charge in [0, 0.05) is 11.0 Å². The van der Waals surface area contributed by atoms with Crippen molar-refractivity contribution >= 4 is 21.6 Å². The minimum absolute atomic E-state index is 0.723. The van der Waals surface area contributed by atoms with Crippen LogP contribution >= 0.6 is 15.9 Å². The summed E-state index contributed by atoms with van der Waals surface area (Å²) in [5.41, 5.74) is 1.67. The highest BCUT2D eigenvalue weighted by Crippen LogP contribution is 2.30. The third kappa shape index (κ3) is 4.24. The fourth-order valence-electron chi connectivity index (χ4n) is 2.79. The average molecular weight is 321 g/mol. The highest BCUT2D eigenvalue weighted by molar-refractivity contribution is 9.10. The number of anilines is 1. The van der Waals surface area contributed by atoms with Crippen LogP contribution in [-0.2, 0) is 0 Å². The van der Waals surface area contributed by atoms with Crippen LogP contribution in [0.4, 0.5) is 5.69 Å². The van der Waals surface area contributed by atoms with E-state index in [2.05, 4.69) is 34.2 Å². The Labute approximate surface area is 124 Å². The molecule has 1 aliphatic carbocycles. The minimum Gasteiger partial charge on any atom is -0.384 e. The zero-order valence-electron chi connectivity index (χ0n) is 11.5. The predicted molar refractivity (Wildman–Crippen MR) is 83.1 cm³/mol. The van der Waals surface area contributed by atoms with E-state index in [1.165, 1.54) is 32.1 Å². The molecule has 2 nitrogen and oxygen atoms in total. The van der Waals surface area contributed by atoms with Crippen LogP contribution in [0.2, 0.25) is 0 Å². The number of nitrogens with zero attached hydrogens (tertiary/aromatic N) is 1. The normalized spacial score (nSPS) is 22.8. The van der Waals surface area contributed by atoms with E-state index in [1.807, 2.05) is 18.2 Å². The number of nitriles is 1. The van der Waals surface area contributed by atoms with Crippen LogP contribution in [0.5, 0.6) is 0 Å². The Morgan fingerprint density at radius 2 is 2.05 bits per heavy atom. The molecular weight excluding hydrogens is 300 g/mol. The van der Waals surface area contributed by atoms with Crippen molar-refractivity contribution in [1.82, 2.24) is 0 Å². The Bertz CT molecular complexity index is 456. The Balaban J connectivity index is 1.83. The number of hydrogen-bond acceptors (Lipinski definition) is 2. The van der Waals surface area contributed by atoms with Crippen LogP contribution in [-0.4, -0.2) is 6.54 Å². The molecule has 0 heterocycles. The van der Waals surface area contributed by atoms with E-state index in [0.717, 1.165) is 34.1 Å². The van der Waals surface area contributed by atoms with Gasteiger partial charge in [-0.2, -0.15) is 5.26 Å². The van der Waals surface area contributed by atoms with Crippen LogP contribution in [0.1, 0.15) is 44.6 Å². The van der Waals surface area contributed by atoms with Gasteiger partial charge in [0.2, 0.25) is 0 Å². The SMILES string of the molecule is CC1CCC(CCNc2cc(Br)ccc2C#N)CC1. The molecule has 3 heteroatoms. The lowest BCUT2D eigenvalue weighted by atomic mass is 9.81. The van der Waals surface area contributed by atoms with Gasteiger partial charge in [-0.1, -0.05) is 48.5 Å². The van der Waals surface area contributed by atoms with Crippen LogP contribution in [0.15, 0.2) is 22.7 Å². The Hall–Kier alpha value is -1.01. The number of rotatable bonds is 4. The molecule has 1 N–H and O–H groups in total. The Morgan fingerprint density at radius 3 is 2.74 bits per heavy atom. The van der Waals surface area contributed by atoms with Gasteiger partial charge in [-0.25, -0.2) is 0 Å². The van der Waals surface area contributed by atoms with Gasteiger partial charge in [-0.15, -0.1) is 0 Å². The first-order chi connectivity index (χ1) is 9.19. The lowest BCUT2D eigenvalue weighted by Crippen LogP contribution is -2.16. The average Bonchev–Trinajstić information content (AvgIpc) is 2.41. The lowest BCUT2D eigenvalue weighted by Gasteiger charge is -2.26. The first-order valence-electron chi connectivity index (χ1n) is 7.12. The molecule has 0 saturated heterocycles. The summed E-state index contributed by atoms with van der Waals surface area (Å²) >= 11 is 3.45. The first-order valence-corrected chi connectivity index (χ1v) is 7.92. The van der Waals surface area contributed by atoms with Gasteiger partial charge >= 0.3 is 0 Å². The lowest BCUT2D eigenvalue weighted by molar-refractivity contribution is 0.282. The Kier molecular flexibility index (Phi) is 5.27. The van der Waals surface area contributed by atoms with Crippen molar-refractivity contribution in [3.05, 3.63) is 28.2 Å². The van der Waals surface area contributed by atoms with E-state index in [4.69, 9.17) is 5.26 Å². The fourth-order valence-corrected chi connectivity index (χ4v) is 3.15. The zero-order valence-corrected chi connectivity index (χ0v) is 13.0. The summed E-state index contributed by atoms with van der Waals surface area (Å²) in [6.07, 6.45) is 6.71. The number of hydrogen-bond donors (Lipinski definition) is 1. The van der Waals surface area contributed by atoms with Crippen molar-refractivity contribution in [3.8, 4) is 6.07 Å². The maximum Gasteiger partial charge on any atom is 0.101 e. The zero-order chi connectivity index (χ0) is 13.7. The number of nitrogens with one attached hydrogen (secondary N) is 1. The van der Waals surface area contributed by atoms with Crippen LogP contribution < -0.4 is 5.32 Å². The van der Waals surface area contributed by atoms with Gasteiger partial charge in [0.05, 0.1) is 11.3 Å². The maximum absolute atomic E-state index is 9.08. The second-order valence-corrected chi connectivity index (χ2v) is 6.56. The van der Waals surface area contributed by atoms with Crippen molar-refractivity contribution in [3.63, 3.8) is 0 Å². The van der Waals surface area contributed by atoms with E-state index in [1.54, 1.807) is 0 Å². The molecule has 2 rings (SSSR count). The largest absolute Gasteiger partial charge is 0.384 e. The quantitative estimate of drug-likeness (QED) is 0.852. The molecule has 0 amide bonds. The summed E-state index contributed by atoms with van der Waals surface area (Å²) in [7, 11) is 0. The van der Waals surface area contributed by atoms with Crippen molar-refractivity contribution in [2.24, 2.45) is 11.8 Å². The van der Waals surface area contributed by atoms with Gasteiger partial charge in [0.15, 0.2) is 0 Å². The maximum atomic E-state index is 9.08. The van der Waals surface area contributed by atoms with E-state index in [-0.39, 0.29) is 0 Å². The highest BCUT2D eigenvalue weighted by atomic mass is 79.9. The van der Waals surface area contributed by atoms with Gasteiger partial charge < -0.3 is 5.32 Å². The molecular formula is C16H21BrN2. The van der Waals surface area contributed by atoms with Crippen molar-refractivity contribution in [1.29, 1.82) is 5.26 Å². The van der Waals surface area contributed by atoms with Crippen LogP contribution in [0.25, 0.3) is 0 Å². The summed E-state index contributed by atoms with van der Waals surface area (Å²) in [6.45, 7) is 3.32. The molecule has 0 aromatic heterocycles. The molecule has 0 unspecified atom stereocenters. The van der Waals surface area contributed by atoms with Crippen molar-refractivity contribution in [2.45, 2.75) is 39.0 Å². The summed E-state index contributed by atoms with van der Waals surface area (Å²) < 4.78 is 1.01. The van der Waals surface area contributed by atoms with Crippen molar-refractivity contribution in [2.75, 3.05) is 11.9 Å². The molecule has 0 spiro atoms. The molecule has 102 valence electrons. The first kappa shape index (κ1) is 14.4. The van der Waals surface area contributed by atoms with Gasteiger partial charge in [0.1, 0.15) is 6.07 Å². The second-order valence-electron chi connectivity index (χ2n) is 5.64. The summed E-state index contributed by atoms with van der Waals surface area (Å²) in [5.74, 6) is 1.78. The fraction of sp³-hybridized carbons (Fsp3) is 0.562. The molecule has 0 radical (unpaired) electrons. The van der Waals surface area contributed by atoms with E-state index >= 15 is 0 Å². The van der Waals surface area contributed by atoms with Crippen molar-refractivity contribution < 1.29 is 0 Å². The van der Waals surface area contributed by atoms with Crippen LogP contribution in [0.3, 0.4) is 0 Å². The molecule has 19 heavy (non-hydrogen) atoms. The molecule has 0 bridgehead atoms. The summed E-state index contributed by atoms with van der Waals surface area (Å²) in [6, 6.07) is 7.99. The summed E-state index contributed by atoms with van der Waals surface area (Å²) in [5, 5.41) is 12.5. The topological polar surface area (TPSA) is 35.8 Å². The highest BCUT2D eigenvalue weighted by Gasteiger charge is 2.17. The molecule has 1 aliphatic rings. The third-order valence-electron chi connectivity index (χ3n) is 4.11. The molecule has 0 atom stereocenters. The van der Waals surface area contributed by atoms with E-state index in [9.17, 15) is 0 Å². The molecule has 1 saturated carbocycles. The third-order valence-corrected chi connectivity index (χ3v) is 4.60. The molecule has 0 aliphatic heterocycles. The standard InChI is InChI=1S/C16H21BrN2/c1-12-2-4-13(5-3-12)8-9-19-16-10-15(17)7-6-14(16)11-18/h6-7,10,12-13,19H,2-5,8-9H2,1H3. The van der Waals surface area contributed by atoms with Gasteiger partial charge in [-0.3, -0.25) is 0 Å². The molecule has 1 aromatic rings. The smallest absolute Gasteiger partial charge is 0.101 e. The number of benzene rings is 1. The van der Waals surface area contributed by atoms with E-state index < -0.39 is 0 Å².